The second-order valence-corrected chi connectivity index (χ2v) is 12.7. The number of allylic oxidation sites excluding steroid dienone is 6. The maximum Gasteiger partial charge on any atom is 0.303 e. The van der Waals surface area contributed by atoms with E-state index < -0.39 is 5.97 Å². The highest BCUT2D eigenvalue weighted by Gasteiger charge is 2.47. The second-order valence-electron chi connectivity index (χ2n) is 12.7. The Morgan fingerprint density at radius 1 is 0.951 bits per heavy atom. The summed E-state index contributed by atoms with van der Waals surface area (Å²) in [6, 6.07) is 13.7. The average molecular weight is 571 g/mol. The van der Waals surface area contributed by atoms with Crippen molar-refractivity contribution in [1.29, 1.82) is 0 Å². The van der Waals surface area contributed by atoms with E-state index in [9.17, 15) is 4.79 Å². The number of benzene rings is 2. The van der Waals surface area contributed by atoms with Gasteiger partial charge in [-0.15, -0.1) is 0 Å². The number of nitrogens with zero attached hydrogens (tertiary/aromatic N) is 2. The first kappa shape index (κ1) is 29.4. The van der Waals surface area contributed by atoms with Crippen LogP contribution in [0.4, 0.5) is 11.4 Å². The maximum atomic E-state index is 11.0. The highest BCUT2D eigenvalue weighted by Crippen LogP contribution is 2.53. The van der Waals surface area contributed by atoms with Crippen LogP contribution in [-0.2, 0) is 28.5 Å². The largest absolute Gasteiger partial charge is 1.00 e. The zero-order valence-corrected chi connectivity index (χ0v) is 25.5. The van der Waals surface area contributed by atoms with Crippen molar-refractivity contribution in [3.63, 3.8) is 0 Å². The van der Waals surface area contributed by atoms with Crippen molar-refractivity contribution in [2.75, 3.05) is 18.0 Å². The molecule has 0 radical (unpaired) electrons. The van der Waals surface area contributed by atoms with Crippen LogP contribution in [0.3, 0.4) is 0 Å². The molecule has 0 fully saturated rings. The fourth-order valence-corrected chi connectivity index (χ4v) is 7.77. The minimum atomic E-state index is -0.693. The van der Waals surface area contributed by atoms with Crippen LogP contribution >= 0.6 is 0 Å². The Kier molecular flexibility index (Phi) is 8.34. The lowest BCUT2D eigenvalue weighted by Crippen LogP contribution is -3.00. The quantitative estimate of drug-likeness (QED) is 0.268. The van der Waals surface area contributed by atoms with E-state index in [1.165, 1.54) is 64.3 Å². The molecular formula is C36H43ClN2O2. The lowest BCUT2D eigenvalue weighted by molar-refractivity contribution is -0.443. The summed E-state index contributed by atoms with van der Waals surface area (Å²) in [5.41, 5.74) is 11.5. The van der Waals surface area contributed by atoms with Crippen molar-refractivity contribution < 1.29 is 26.9 Å². The van der Waals surface area contributed by atoms with Crippen molar-refractivity contribution in [2.24, 2.45) is 0 Å². The molecule has 0 amide bonds. The highest BCUT2D eigenvalue weighted by atomic mass is 35.5. The number of carboxylic acids is 1. The molecule has 6 rings (SSSR count). The van der Waals surface area contributed by atoms with E-state index in [1.54, 1.807) is 0 Å². The predicted octanol–water partition coefficient (Wildman–Crippen LogP) is 4.77. The predicted molar refractivity (Wildman–Crippen MR) is 164 cm³/mol. The van der Waals surface area contributed by atoms with Crippen molar-refractivity contribution in [2.45, 2.75) is 89.4 Å². The van der Waals surface area contributed by atoms with Gasteiger partial charge in [-0.2, -0.15) is 4.58 Å². The van der Waals surface area contributed by atoms with Crippen molar-refractivity contribution >= 4 is 23.1 Å². The fourth-order valence-electron chi connectivity index (χ4n) is 7.77. The normalized spacial score (nSPS) is 22.9. The molecule has 2 aromatic carbocycles. The van der Waals surface area contributed by atoms with E-state index in [1.807, 2.05) is 0 Å². The SMILES string of the molecule is CC1(C)C(C=CC=CC=C2N3CCCc4cccc(c43)C2(C)CCCCCC(=O)O)=[N+]2CCCc3cccc1c32.[Cl-]. The van der Waals surface area contributed by atoms with E-state index >= 15 is 0 Å². The Morgan fingerprint density at radius 2 is 1.71 bits per heavy atom. The molecule has 1 atom stereocenters. The summed E-state index contributed by atoms with van der Waals surface area (Å²) in [6.07, 6.45) is 20.1. The Labute approximate surface area is 251 Å². The zero-order chi connectivity index (χ0) is 27.9. The molecule has 2 aromatic rings. The molecule has 0 aliphatic carbocycles. The number of anilines is 1. The summed E-state index contributed by atoms with van der Waals surface area (Å²) in [4.78, 5) is 13.6. The first-order valence-electron chi connectivity index (χ1n) is 15.3. The average Bonchev–Trinajstić information content (AvgIpc) is 3.31. The minimum absolute atomic E-state index is 0. The smallest absolute Gasteiger partial charge is 0.303 e. The molecule has 216 valence electrons. The number of hydrogen-bond acceptors (Lipinski definition) is 2. The Balaban J connectivity index is 0.00000337. The third-order valence-electron chi connectivity index (χ3n) is 9.79. The molecule has 0 bridgehead atoms. The van der Waals surface area contributed by atoms with Gasteiger partial charge in [0.05, 0.1) is 5.41 Å². The van der Waals surface area contributed by atoms with Gasteiger partial charge in [-0.05, 0) is 70.1 Å². The van der Waals surface area contributed by atoms with E-state index in [0.29, 0.717) is 0 Å². The van der Waals surface area contributed by atoms with Crippen LogP contribution in [0.15, 0.2) is 72.5 Å². The monoisotopic (exact) mass is 570 g/mol. The van der Waals surface area contributed by atoms with Crippen LogP contribution in [-0.4, -0.2) is 34.5 Å². The molecular weight excluding hydrogens is 528 g/mol. The Morgan fingerprint density at radius 3 is 2.51 bits per heavy atom. The van der Waals surface area contributed by atoms with Gasteiger partial charge in [-0.3, -0.25) is 4.79 Å². The van der Waals surface area contributed by atoms with Gasteiger partial charge in [0.25, 0.3) is 0 Å². The van der Waals surface area contributed by atoms with Gasteiger partial charge in [0.2, 0.25) is 5.69 Å². The van der Waals surface area contributed by atoms with Gasteiger partial charge in [-0.1, -0.05) is 67.5 Å². The molecule has 0 saturated carbocycles. The summed E-state index contributed by atoms with van der Waals surface area (Å²) < 4.78 is 2.56. The van der Waals surface area contributed by atoms with E-state index in [4.69, 9.17) is 5.11 Å². The number of aliphatic carboxylic acids is 1. The number of para-hydroxylation sites is 2. The van der Waals surface area contributed by atoms with E-state index in [2.05, 4.69) is 97.0 Å². The number of aryl methyl sites for hydroxylation is 2. The minimum Gasteiger partial charge on any atom is -1.00 e. The number of carbonyl (C=O) groups is 1. The summed E-state index contributed by atoms with van der Waals surface area (Å²) in [7, 11) is 0. The van der Waals surface area contributed by atoms with Crippen LogP contribution in [0.1, 0.15) is 88.0 Å². The number of halogens is 1. The summed E-state index contributed by atoms with van der Waals surface area (Å²) in [5.74, 6) is -0.693. The summed E-state index contributed by atoms with van der Waals surface area (Å²) >= 11 is 0. The van der Waals surface area contributed by atoms with Gasteiger partial charge in [0, 0.05) is 53.4 Å². The molecule has 4 heterocycles. The number of unbranched alkanes of at least 4 members (excludes halogenated alkanes) is 2. The van der Waals surface area contributed by atoms with Gasteiger partial charge in [0.1, 0.15) is 6.54 Å². The van der Waals surface area contributed by atoms with Gasteiger partial charge in [-0.25, -0.2) is 0 Å². The molecule has 5 heteroatoms. The molecule has 0 saturated heterocycles. The molecule has 4 aliphatic heterocycles. The lowest BCUT2D eigenvalue weighted by Gasteiger charge is -2.32. The third kappa shape index (κ3) is 5.09. The van der Waals surface area contributed by atoms with Crippen molar-refractivity contribution in [3.8, 4) is 0 Å². The molecule has 1 N–H and O–H groups in total. The van der Waals surface area contributed by atoms with Crippen LogP contribution < -0.4 is 17.3 Å². The highest BCUT2D eigenvalue weighted by molar-refractivity contribution is 6.03. The Bertz CT molecular complexity index is 1460. The lowest BCUT2D eigenvalue weighted by atomic mass is 9.76. The zero-order valence-electron chi connectivity index (χ0n) is 24.8. The molecule has 0 spiro atoms. The number of carboxylic acid groups (broad SMARTS) is 1. The van der Waals surface area contributed by atoms with Gasteiger partial charge in [0.15, 0.2) is 5.71 Å². The molecule has 4 aliphatic rings. The molecule has 4 nitrogen and oxygen atoms in total. The third-order valence-corrected chi connectivity index (χ3v) is 9.79. The molecule has 0 aromatic heterocycles. The van der Waals surface area contributed by atoms with Crippen molar-refractivity contribution in [1.82, 2.24) is 0 Å². The van der Waals surface area contributed by atoms with Crippen LogP contribution in [0, 0.1) is 0 Å². The first-order valence-corrected chi connectivity index (χ1v) is 15.3. The van der Waals surface area contributed by atoms with Gasteiger partial charge < -0.3 is 22.4 Å². The maximum absolute atomic E-state index is 11.0. The number of rotatable bonds is 9. The number of hydrogen-bond donors (Lipinski definition) is 1. The van der Waals surface area contributed by atoms with Crippen LogP contribution in [0.25, 0.3) is 0 Å². The van der Waals surface area contributed by atoms with Crippen molar-refractivity contribution in [3.05, 3.63) is 94.7 Å². The van der Waals surface area contributed by atoms with E-state index in [0.717, 1.165) is 45.2 Å². The topological polar surface area (TPSA) is 43.6 Å². The van der Waals surface area contributed by atoms with Gasteiger partial charge >= 0.3 is 5.97 Å². The van der Waals surface area contributed by atoms with E-state index in [-0.39, 0.29) is 29.7 Å². The molecule has 1 unspecified atom stereocenters. The Hall–Kier alpha value is -3.11. The molecule has 41 heavy (non-hydrogen) atoms. The van der Waals surface area contributed by atoms with Crippen LogP contribution in [0.5, 0.6) is 0 Å². The first-order chi connectivity index (χ1) is 19.3. The van der Waals surface area contributed by atoms with Crippen LogP contribution in [0.2, 0.25) is 0 Å². The second kappa shape index (κ2) is 11.6. The summed E-state index contributed by atoms with van der Waals surface area (Å²) in [5, 5.41) is 9.05. The summed E-state index contributed by atoms with van der Waals surface area (Å²) in [6.45, 7) is 9.28. The standard InChI is InChI=1S/C36H42N2O2.ClH/c1-35(2)28-18-10-14-26-16-12-24-37(33(26)28)30(35)20-6-4-7-21-31-36(3,23-9-5-8-22-32(39)40)29-19-11-15-27-17-13-25-38(31)34(27)29;/h4,6-7,10-11,14-15,18-21H,5,8-9,12-13,16-17,22-25H2,1-3H3;1H. The fraction of sp³-hybridized carbons (Fsp3) is 0.444.